The first-order valence-electron chi connectivity index (χ1n) is 6.73. The molecule has 1 aromatic rings. The van der Waals surface area contributed by atoms with Crippen LogP contribution in [-0.2, 0) is 13.1 Å². The molecule has 1 aliphatic rings. The Morgan fingerprint density at radius 2 is 2.00 bits per heavy atom. The molecule has 0 atom stereocenters. The number of hydrogen-bond acceptors (Lipinski definition) is 3. The van der Waals surface area contributed by atoms with Gasteiger partial charge < -0.3 is 9.73 Å². The highest BCUT2D eigenvalue weighted by atomic mass is 16.3. The van der Waals surface area contributed by atoms with Crippen LogP contribution < -0.4 is 5.32 Å². The lowest BCUT2D eigenvalue weighted by atomic mass is 10.1. The lowest BCUT2D eigenvalue weighted by molar-refractivity contribution is 0.259. The largest absolute Gasteiger partial charge is 0.463 e. The van der Waals surface area contributed by atoms with Gasteiger partial charge >= 0.3 is 0 Å². The first kappa shape index (κ1) is 13.4. The van der Waals surface area contributed by atoms with E-state index in [1.54, 1.807) is 0 Å². The van der Waals surface area contributed by atoms with Crippen LogP contribution in [0.15, 0.2) is 28.7 Å². The maximum Gasteiger partial charge on any atom is 0.118 e. The highest BCUT2D eigenvalue weighted by Crippen LogP contribution is 2.13. The Bertz CT molecular complexity index is 401. The van der Waals surface area contributed by atoms with Crippen molar-refractivity contribution in [1.29, 1.82) is 0 Å². The standard InChI is InChI=1S/C15H24N2O/c1-15(2,3)16-11-13-7-8-14(18-13)12-17-9-5-4-6-10-17/h4-5,7-8,16H,6,9-12H2,1-3H3. The number of furan rings is 1. The van der Waals surface area contributed by atoms with Crippen LogP contribution in [0.2, 0.25) is 0 Å². The molecule has 18 heavy (non-hydrogen) atoms. The van der Waals surface area contributed by atoms with Crippen LogP contribution in [0.3, 0.4) is 0 Å². The minimum Gasteiger partial charge on any atom is -0.463 e. The molecule has 2 heterocycles. The van der Waals surface area contributed by atoms with Gasteiger partial charge in [-0.1, -0.05) is 12.2 Å². The molecule has 3 heteroatoms. The van der Waals surface area contributed by atoms with Crippen LogP contribution in [0.5, 0.6) is 0 Å². The summed E-state index contributed by atoms with van der Waals surface area (Å²) in [5.41, 5.74) is 0.130. The van der Waals surface area contributed by atoms with Crippen LogP contribution in [0.25, 0.3) is 0 Å². The molecule has 0 bridgehead atoms. The monoisotopic (exact) mass is 248 g/mol. The third kappa shape index (κ3) is 4.31. The van der Waals surface area contributed by atoms with Crippen molar-refractivity contribution in [3.05, 3.63) is 35.8 Å². The number of hydrogen-bond donors (Lipinski definition) is 1. The second-order valence-corrected chi connectivity index (χ2v) is 5.97. The fourth-order valence-electron chi connectivity index (χ4n) is 2.01. The molecule has 3 nitrogen and oxygen atoms in total. The fourth-order valence-corrected chi connectivity index (χ4v) is 2.01. The predicted molar refractivity (Wildman–Crippen MR) is 74.3 cm³/mol. The minimum absolute atomic E-state index is 0.130. The average molecular weight is 248 g/mol. The average Bonchev–Trinajstić information content (AvgIpc) is 2.75. The van der Waals surface area contributed by atoms with E-state index < -0.39 is 0 Å². The molecule has 0 saturated heterocycles. The van der Waals surface area contributed by atoms with Gasteiger partial charge in [0.15, 0.2) is 0 Å². The van der Waals surface area contributed by atoms with Gasteiger partial charge in [-0.2, -0.15) is 0 Å². The fraction of sp³-hybridized carbons (Fsp3) is 0.600. The van der Waals surface area contributed by atoms with Crippen molar-refractivity contribution in [2.45, 2.75) is 45.8 Å². The molecule has 0 aliphatic carbocycles. The highest BCUT2D eigenvalue weighted by molar-refractivity contribution is 5.08. The zero-order valence-electron chi connectivity index (χ0n) is 11.7. The lowest BCUT2D eigenvalue weighted by Gasteiger charge is -2.21. The topological polar surface area (TPSA) is 28.4 Å². The molecule has 1 N–H and O–H groups in total. The van der Waals surface area contributed by atoms with Gasteiger partial charge in [-0.15, -0.1) is 0 Å². The molecule has 0 fully saturated rings. The van der Waals surface area contributed by atoms with Gasteiger partial charge in [-0.25, -0.2) is 0 Å². The van der Waals surface area contributed by atoms with Crippen molar-refractivity contribution < 1.29 is 4.42 Å². The van der Waals surface area contributed by atoms with Crippen molar-refractivity contribution in [2.24, 2.45) is 0 Å². The molecular formula is C15H24N2O. The SMILES string of the molecule is CC(C)(C)NCc1ccc(CN2CC=CCC2)o1. The van der Waals surface area contributed by atoms with E-state index in [2.05, 4.69) is 55.3 Å². The third-order valence-corrected chi connectivity index (χ3v) is 3.03. The maximum absolute atomic E-state index is 5.85. The third-order valence-electron chi connectivity index (χ3n) is 3.03. The Hall–Kier alpha value is -1.06. The summed E-state index contributed by atoms with van der Waals surface area (Å²) in [6.07, 6.45) is 5.63. The molecule has 0 aromatic carbocycles. The Morgan fingerprint density at radius 1 is 1.22 bits per heavy atom. The maximum atomic E-state index is 5.85. The van der Waals surface area contributed by atoms with E-state index in [0.29, 0.717) is 0 Å². The van der Waals surface area contributed by atoms with Gasteiger partial charge in [-0.05, 0) is 39.3 Å². The van der Waals surface area contributed by atoms with Gasteiger partial charge in [0.1, 0.15) is 11.5 Å². The van der Waals surface area contributed by atoms with E-state index in [9.17, 15) is 0 Å². The van der Waals surface area contributed by atoms with Gasteiger partial charge in [-0.3, -0.25) is 4.90 Å². The Balaban J connectivity index is 1.84. The van der Waals surface area contributed by atoms with E-state index in [1.807, 2.05) is 0 Å². The highest BCUT2D eigenvalue weighted by Gasteiger charge is 2.12. The first-order valence-corrected chi connectivity index (χ1v) is 6.73. The summed E-state index contributed by atoms with van der Waals surface area (Å²) in [5.74, 6) is 2.09. The summed E-state index contributed by atoms with van der Waals surface area (Å²) in [4.78, 5) is 2.40. The first-order chi connectivity index (χ1) is 8.53. The smallest absolute Gasteiger partial charge is 0.118 e. The van der Waals surface area contributed by atoms with Crippen molar-refractivity contribution in [3.8, 4) is 0 Å². The number of rotatable bonds is 4. The number of nitrogens with one attached hydrogen (secondary N) is 1. The summed E-state index contributed by atoms with van der Waals surface area (Å²) in [7, 11) is 0. The molecule has 2 rings (SSSR count). The van der Waals surface area contributed by atoms with E-state index in [1.165, 1.54) is 0 Å². The second-order valence-electron chi connectivity index (χ2n) is 5.97. The molecule has 0 unspecified atom stereocenters. The lowest BCUT2D eigenvalue weighted by Crippen LogP contribution is -2.34. The van der Waals surface area contributed by atoms with Crippen molar-refractivity contribution in [3.63, 3.8) is 0 Å². The Kier molecular flexibility index (Phi) is 4.25. The van der Waals surface area contributed by atoms with Crippen LogP contribution in [0.4, 0.5) is 0 Å². The van der Waals surface area contributed by atoms with E-state index in [0.717, 1.165) is 44.1 Å². The minimum atomic E-state index is 0.130. The zero-order chi connectivity index (χ0) is 13.0. The molecule has 0 radical (unpaired) electrons. The van der Waals surface area contributed by atoms with Crippen molar-refractivity contribution in [1.82, 2.24) is 10.2 Å². The zero-order valence-corrected chi connectivity index (χ0v) is 11.7. The van der Waals surface area contributed by atoms with Gasteiger partial charge in [0.05, 0.1) is 13.1 Å². The summed E-state index contributed by atoms with van der Waals surface area (Å²) in [5, 5.41) is 3.44. The molecule has 100 valence electrons. The molecular weight excluding hydrogens is 224 g/mol. The molecule has 0 spiro atoms. The van der Waals surface area contributed by atoms with E-state index in [-0.39, 0.29) is 5.54 Å². The summed E-state index contributed by atoms with van der Waals surface area (Å²) >= 11 is 0. The van der Waals surface area contributed by atoms with Gasteiger partial charge in [0, 0.05) is 18.6 Å². The van der Waals surface area contributed by atoms with Gasteiger partial charge in [0.25, 0.3) is 0 Å². The van der Waals surface area contributed by atoms with Crippen LogP contribution >= 0.6 is 0 Å². The Labute approximate surface area is 110 Å². The summed E-state index contributed by atoms with van der Waals surface area (Å²) < 4.78 is 5.85. The Morgan fingerprint density at radius 3 is 2.67 bits per heavy atom. The van der Waals surface area contributed by atoms with Crippen molar-refractivity contribution >= 4 is 0 Å². The normalized spacial score (nSPS) is 17.3. The predicted octanol–water partition coefficient (Wildman–Crippen LogP) is 2.93. The van der Waals surface area contributed by atoms with E-state index in [4.69, 9.17) is 4.42 Å². The second kappa shape index (κ2) is 5.72. The van der Waals surface area contributed by atoms with Gasteiger partial charge in [0.2, 0.25) is 0 Å². The van der Waals surface area contributed by atoms with Crippen LogP contribution in [0, 0.1) is 0 Å². The quantitative estimate of drug-likeness (QED) is 0.830. The molecule has 1 aliphatic heterocycles. The van der Waals surface area contributed by atoms with Crippen molar-refractivity contribution in [2.75, 3.05) is 13.1 Å². The van der Waals surface area contributed by atoms with Crippen LogP contribution in [-0.4, -0.2) is 23.5 Å². The molecule has 0 saturated carbocycles. The van der Waals surface area contributed by atoms with Crippen LogP contribution in [0.1, 0.15) is 38.7 Å². The van der Waals surface area contributed by atoms with E-state index >= 15 is 0 Å². The molecule has 0 amide bonds. The number of nitrogens with zero attached hydrogens (tertiary/aromatic N) is 1. The molecule has 1 aromatic heterocycles. The summed E-state index contributed by atoms with van der Waals surface area (Å²) in [6.45, 7) is 10.4. The summed E-state index contributed by atoms with van der Waals surface area (Å²) in [6, 6.07) is 4.17.